The van der Waals surface area contributed by atoms with Crippen LogP contribution >= 0.6 is 0 Å². The molecule has 206 valence electrons. The molecule has 0 saturated heterocycles. The Hall–Kier alpha value is -4.43. The molecule has 0 heterocycles. The van der Waals surface area contributed by atoms with Gasteiger partial charge in [-0.05, 0) is 67.3 Å². The van der Waals surface area contributed by atoms with Gasteiger partial charge in [0.15, 0.2) is 0 Å². The molecule has 1 atom stereocenters. The molecule has 8 heteroatoms. The molecule has 0 unspecified atom stereocenters. The Morgan fingerprint density at radius 2 is 1.38 bits per heavy atom. The fourth-order valence-electron chi connectivity index (χ4n) is 4.57. The molecular formula is C32H33N3O4S. The normalized spacial score (nSPS) is 11.9. The van der Waals surface area contributed by atoms with Crippen LogP contribution in [0.25, 0.3) is 0 Å². The van der Waals surface area contributed by atoms with Gasteiger partial charge < -0.3 is 10.6 Å². The maximum Gasteiger partial charge on any atom is 0.255 e. The van der Waals surface area contributed by atoms with Gasteiger partial charge in [0.05, 0.1) is 35.8 Å². The summed E-state index contributed by atoms with van der Waals surface area (Å²) < 4.78 is 26.8. The fourth-order valence-corrected chi connectivity index (χ4v) is 5.58. The largest absolute Gasteiger partial charge is 0.345 e. The molecule has 0 bridgehead atoms. The fraction of sp³-hybridized carbons (Fsp3) is 0.188. The van der Waals surface area contributed by atoms with Gasteiger partial charge in [0, 0.05) is 5.56 Å². The van der Waals surface area contributed by atoms with Crippen molar-refractivity contribution < 1.29 is 18.0 Å². The average Bonchev–Trinajstić information content (AvgIpc) is 2.93. The number of hydrogen-bond acceptors (Lipinski definition) is 4. The monoisotopic (exact) mass is 555 g/mol. The maximum atomic E-state index is 13.1. The van der Waals surface area contributed by atoms with Gasteiger partial charge in [-0.3, -0.25) is 13.9 Å². The first-order chi connectivity index (χ1) is 19.0. The Kier molecular flexibility index (Phi) is 8.70. The van der Waals surface area contributed by atoms with E-state index in [2.05, 4.69) is 10.6 Å². The van der Waals surface area contributed by atoms with Gasteiger partial charge >= 0.3 is 0 Å². The second kappa shape index (κ2) is 12.2. The Morgan fingerprint density at radius 1 is 0.775 bits per heavy atom. The summed E-state index contributed by atoms with van der Waals surface area (Å²) in [5, 5.41) is 5.82. The highest BCUT2D eigenvalue weighted by Gasteiger charge is 2.22. The number of para-hydroxylation sites is 2. The van der Waals surface area contributed by atoms with Crippen molar-refractivity contribution in [3.63, 3.8) is 0 Å². The summed E-state index contributed by atoms with van der Waals surface area (Å²) in [4.78, 5) is 26.1. The van der Waals surface area contributed by atoms with Gasteiger partial charge in [-0.1, -0.05) is 72.8 Å². The van der Waals surface area contributed by atoms with Crippen LogP contribution in [0.1, 0.15) is 55.9 Å². The van der Waals surface area contributed by atoms with Crippen molar-refractivity contribution in [3.8, 4) is 0 Å². The second-order valence-corrected chi connectivity index (χ2v) is 11.7. The Balaban J connectivity index is 1.49. The number of sulfonamides is 1. The third kappa shape index (κ3) is 6.76. The van der Waals surface area contributed by atoms with Crippen LogP contribution in [-0.2, 0) is 16.6 Å². The van der Waals surface area contributed by atoms with E-state index in [1.165, 1.54) is 10.6 Å². The number of anilines is 2. The molecule has 0 spiro atoms. The smallest absolute Gasteiger partial charge is 0.255 e. The highest BCUT2D eigenvalue weighted by molar-refractivity contribution is 7.92. The second-order valence-electron chi connectivity index (χ2n) is 9.81. The van der Waals surface area contributed by atoms with Crippen molar-refractivity contribution in [1.82, 2.24) is 5.32 Å². The van der Waals surface area contributed by atoms with Crippen LogP contribution in [0, 0.1) is 13.8 Å². The van der Waals surface area contributed by atoms with Crippen LogP contribution in [0.4, 0.5) is 11.4 Å². The van der Waals surface area contributed by atoms with Crippen molar-refractivity contribution in [1.29, 1.82) is 0 Å². The number of hydrogen-bond donors (Lipinski definition) is 2. The van der Waals surface area contributed by atoms with E-state index < -0.39 is 10.0 Å². The lowest BCUT2D eigenvalue weighted by Gasteiger charge is -2.26. The zero-order chi connectivity index (χ0) is 28.9. The molecule has 2 N–H and O–H groups in total. The van der Waals surface area contributed by atoms with Crippen molar-refractivity contribution in [2.45, 2.75) is 33.4 Å². The third-order valence-electron chi connectivity index (χ3n) is 6.70. The SMILES string of the molecule is Cc1cccc(C)c1N(Cc1ccc(C(=O)Nc2ccccc2C(=O)N[C@H](C)c2ccccc2)cc1)S(C)(=O)=O. The van der Waals surface area contributed by atoms with E-state index in [1.54, 1.807) is 48.5 Å². The van der Waals surface area contributed by atoms with E-state index in [4.69, 9.17) is 0 Å². The Morgan fingerprint density at radius 3 is 2.00 bits per heavy atom. The average molecular weight is 556 g/mol. The molecule has 7 nitrogen and oxygen atoms in total. The van der Waals surface area contributed by atoms with E-state index in [9.17, 15) is 18.0 Å². The Bertz CT molecular complexity index is 1600. The van der Waals surface area contributed by atoms with E-state index in [0.29, 0.717) is 22.5 Å². The standard InChI is InChI=1S/C32H33N3O4S/c1-22-11-10-12-23(2)30(22)35(40(4,38)39)21-25-17-19-27(20-18-25)31(36)34-29-16-9-8-15-28(29)32(37)33-24(3)26-13-6-5-7-14-26/h5-20,24H,21H2,1-4H3,(H,33,37)(H,34,36)/t24-/m1/s1. The number of amides is 2. The number of nitrogens with one attached hydrogen (secondary N) is 2. The topological polar surface area (TPSA) is 95.6 Å². The predicted molar refractivity (Wildman–Crippen MR) is 160 cm³/mol. The zero-order valence-electron chi connectivity index (χ0n) is 23.0. The first-order valence-corrected chi connectivity index (χ1v) is 14.8. The number of nitrogens with zero attached hydrogens (tertiary/aromatic N) is 1. The molecule has 4 aromatic rings. The van der Waals surface area contributed by atoms with E-state index in [1.807, 2.05) is 69.3 Å². The summed E-state index contributed by atoms with van der Waals surface area (Å²) in [5.74, 6) is -0.674. The number of aryl methyl sites for hydroxylation is 2. The lowest BCUT2D eigenvalue weighted by atomic mass is 10.1. The van der Waals surface area contributed by atoms with Crippen LogP contribution in [0.3, 0.4) is 0 Å². The molecule has 40 heavy (non-hydrogen) atoms. The van der Waals surface area contributed by atoms with Crippen LogP contribution in [0.2, 0.25) is 0 Å². The van der Waals surface area contributed by atoms with E-state index in [-0.39, 0.29) is 24.4 Å². The minimum atomic E-state index is -3.55. The zero-order valence-corrected chi connectivity index (χ0v) is 23.8. The summed E-state index contributed by atoms with van der Waals surface area (Å²) >= 11 is 0. The minimum absolute atomic E-state index is 0.134. The summed E-state index contributed by atoms with van der Waals surface area (Å²) in [7, 11) is -3.55. The molecular weight excluding hydrogens is 522 g/mol. The predicted octanol–water partition coefficient (Wildman–Crippen LogP) is 6.01. The van der Waals surface area contributed by atoms with Gasteiger partial charge in [-0.15, -0.1) is 0 Å². The van der Waals surface area contributed by atoms with Gasteiger partial charge in [-0.2, -0.15) is 0 Å². The summed E-state index contributed by atoms with van der Waals surface area (Å²) in [6.45, 7) is 5.80. The van der Waals surface area contributed by atoms with Gasteiger partial charge in [0.1, 0.15) is 0 Å². The molecule has 0 aliphatic heterocycles. The molecule has 0 fully saturated rings. The first kappa shape index (κ1) is 28.6. The molecule has 0 aliphatic carbocycles. The summed E-state index contributed by atoms with van der Waals surface area (Å²) in [6, 6.07) is 28.7. The van der Waals surface area contributed by atoms with Crippen LogP contribution < -0.4 is 14.9 Å². The maximum absolute atomic E-state index is 13.1. The van der Waals surface area contributed by atoms with Crippen LogP contribution in [0.15, 0.2) is 97.1 Å². The first-order valence-electron chi connectivity index (χ1n) is 12.9. The lowest BCUT2D eigenvalue weighted by molar-refractivity contribution is 0.0940. The minimum Gasteiger partial charge on any atom is -0.345 e. The van der Waals surface area contributed by atoms with Crippen molar-refractivity contribution >= 4 is 33.2 Å². The number of benzene rings is 4. The van der Waals surface area contributed by atoms with E-state index in [0.717, 1.165) is 22.3 Å². The van der Waals surface area contributed by atoms with Gasteiger partial charge in [0.2, 0.25) is 10.0 Å². The van der Waals surface area contributed by atoms with Crippen LogP contribution in [-0.4, -0.2) is 26.5 Å². The lowest BCUT2D eigenvalue weighted by Crippen LogP contribution is -2.30. The Labute approximate surface area is 235 Å². The molecule has 0 saturated carbocycles. The number of rotatable bonds is 9. The summed E-state index contributed by atoms with van der Waals surface area (Å²) in [6.07, 6.45) is 1.19. The number of carbonyl (C=O) groups excluding carboxylic acids is 2. The van der Waals surface area contributed by atoms with Gasteiger partial charge in [0.25, 0.3) is 11.8 Å². The van der Waals surface area contributed by atoms with Crippen molar-refractivity contribution in [3.05, 3.63) is 130 Å². The quantitative estimate of drug-likeness (QED) is 0.264. The van der Waals surface area contributed by atoms with Crippen LogP contribution in [0.5, 0.6) is 0 Å². The molecule has 4 aromatic carbocycles. The summed E-state index contributed by atoms with van der Waals surface area (Å²) in [5.41, 5.74) is 5.23. The van der Waals surface area contributed by atoms with Crippen molar-refractivity contribution in [2.75, 3.05) is 15.9 Å². The van der Waals surface area contributed by atoms with E-state index >= 15 is 0 Å². The number of carbonyl (C=O) groups is 2. The third-order valence-corrected chi connectivity index (χ3v) is 7.81. The molecule has 4 rings (SSSR count). The van der Waals surface area contributed by atoms with Gasteiger partial charge in [-0.25, -0.2) is 8.42 Å². The highest BCUT2D eigenvalue weighted by Crippen LogP contribution is 2.28. The molecule has 2 amide bonds. The molecule has 0 aliphatic rings. The van der Waals surface area contributed by atoms with Crippen molar-refractivity contribution in [2.24, 2.45) is 0 Å². The molecule has 0 radical (unpaired) electrons. The highest BCUT2D eigenvalue weighted by atomic mass is 32.2. The molecule has 0 aromatic heterocycles.